The van der Waals surface area contributed by atoms with Gasteiger partial charge in [-0.1, -0.05) is 0 Å². The molecule has 4 aliphatic heterocycles. The third kappa shape index (κ3) is 8.32. The predicted molar refractivity (Wildman–Crippen MR) is 236 cm³/mol. The van der Waals surface area contributed by atoms with Crippen LogP contribution in [0.5, 0.6) is 0 Å². The second kappa shape index (κ2) is 17.3. The first kappa shape index (κ1) is 65.1. The third-order valence-corrected chi connectivity index (χ3v) is 18.2. The Kier molecular flexibility index (Phi) is 16.6. The lowest BCUT2D eigenvalue weighted by Gasteiger charge is -2.63. The Hall–Kier alpha value is -0.960. The van der Waals surface area contributed by atoms with Gasteiger partial charge in [-0.2, -0.15) is 0 Å². The summed E-state index contributed by atoms with van der Waals surface area (Å²) in [4.78, 5) is 0. The molecule has 0 bridgehead atoms. The molecule has 20 unspecified atom stereocenters. The molecule has 0 amide bonds. The van der Waals surface area contributed by atoms with Crippen molar-refractivity contribution in [2.24, 2.45) is 0 Å². The van der Waals surface area contributed by atoms with Crippen LogP contribution in [0.4, 0.5) is 0 Å². The molecule has 408 valence electrons. The van der Waals surface area contributed by atoms with Crippen molar-refractivity contribution in [2.75, 3.05) is 26.4 Å². The summed E-state index contributed by atoms with van der Waals surface area (Å²) in [7, 11) is 0. The summed E-state index contributed by atoms with van der Waals surface area (Å²) in [6, 6.07) is 0. The van der Waals surface area contributed by atoms with Crippen LogP contribution in [0.3, 0.4) is 0 Å². The Morgan fingerprint density at radius 3 is 0.382 bits per heavy atom. The van der Waals surface area contributed by atoms with Crippen molar-refractivity contribution in [2.45, 2.75) is 251 Å². The van der Waals surface area contributed by atoms with E-state index in [0.29, 0.717) is 0 Å². The van der Waals surface area contributed by atoms with Crippen molar-refractivity contribution in [1.82, 2.24) is 0 Å². The fraction of sp³-hybridized carbons (Fsp3) is 1.00. The second-order valence-corrected chi connectivity index (χ2v) is 22.8. The van der Waals surface area contributed by atoms with Gasteiger partial charge in [0, 0.05) is 0 Å². The summed E-state index contributed by atoms with van der Waals surface area (Å²) in [5.41, 5.74) is -31.1. The molecule has 4 fully saturated rings. The van der Waals surface area contributed by atoms with E-state index < -0.39 is 139 Å². The Morgan fingerprint density at radius 2 is 0.294 bits per heavy atom. The van der Waals surface area contributed by atoms with Crippen LogP contribution >= 0.6 is 0 Å². The summed E-state index contributed by atoms with van der Waals surface area (Å²) in [6.07, 6.45) is 0. The maximum atomic E-state index is 10.4. The molecule has 0 aliphatic carbocycles. The molecule has 4 aliphatic rings. The van der Waals surface area contributed by atoms with Crippen molar-refractivity contribution in [1.29, 1.82) is 0 Å². The van der Waals surface area contributed by atoms with E-state index in [4.69, 9.17) is 18.9 Å². The van der Waals surface area contributed by atoms with Crippen LogP contribution in [0.2, 0.25) is 0 Å². The molecule has 4 saturated heterocycles. The number of rotatable bonds is 4. The zero-order valence-electron chi connectivity index (χ0n) is 43.4. The van der Waals surface area contributed by atoms with Crippen molar-refractivity contribution in [3.8, 4) is 0 Å². The molecule has 4 heterocycles. The van der Waals surface area contributed by atoms with Crippen LogP contribution in [0.1, 0.15) is 138 Å². The molecule has 0 radical (unpaired) electrons. The molecule has 0 aromatic rings. The van der Waals surface area contributed by atoms with Gasteiger partial charge >= 0.3 is 0 Å². The van der Waals surface area contributed by atoms with Crippen molar-refractivity contribution in [3.05, 3.63) is 0 Å². The van der Waals surface area contributed by atoms with Crippen LogP contribution in [0, 0.1) is 0 Å². The molecule has 4 rings (SSSR count). The molecule has 0 aromatic heterocycles. The Morgan fingerprint density at radius 1 is 0.191 bits per heavy atom. The topological polar surface area (TPSA) is 442 Å². The highest BCUT2D eigenvalue weighted by Crippen LogP contribution is 2.56. The van der Waals surface area contributed by atoms with Crippen molar-refractivity contribution in [3.63, 3.8) is 0 Å². The monoisotopic (exact) mass is 1000 g/mol. The van der Waals surface area contributed by atoms with E-state index in [2.05, 4.69) is 0 Å². The van der Waals surface area contributed by atoms with Crippen molar-refractivity contribution < 1.29 is 121 Å². The lowest BCUT2D eigenvalue weighted by molar-refractivity contribution is -0.449. The molecule has 68 heavy (non-hydrogen) atoms. The van der Waals surface area contributed by atoms with Crippen molar-refractivity contribution >= 4 is 0 Å². The first-order chi connectivity index (χ1) is 29.1. The normalized spacial score (nSPS) is 60.4. The van der Waals surface area contributed by atoms with E-state index in [9.17, 15) is 102 Å². The van der Waals surface area contributed by atoms with Gasteiger partial charge in [0.2, 0.25) is 0 Å². The van der Waals surface area contributed by atoms with Gasteiger partial charge in [-0.15, -0.1) is 0 Å². The number of hydrogen-bond acceptors (Lipinski definition) is 24. The van der Waals surface area contributed by atoms with E-state index in [1.54, 1.807) is 0 Å². The molecule has 0 saturated carbocycles. The van der Waals surface area contributed by atoms with E-state index in [-0.39, 0.29) is 0 Å². The summed E-state index contributed by atoms with van der Waals surface area (Å²) < 4.78 is 20.9. The maximum Gasteiger partial charge on any atom is 0.195 e. The van der Waals surface area contributed by atoms with Gasteiger partial charge in [-0.05, 0) is 138 Å². The highest BCUT2D eigenvalue weighted by Gasteiger charge is 2.77. The van der Waals surface area contributed by atoms with Crippen LogP contribution < -0.4 is 0 Å². The highest BCUT2D eigenvalue weighted by molar-refractivity contribution is 5.24. The fourth-order valence-electron chi connectivity index (χ4n) is 9.06. The minimum absolute atomic E-state index is 0.623. The predicted octanol–water partition coefficient (Wildman–Crippen LogP) is -5.08. The van der Waals surface area contributed by atoms with Crippen LogP contribution in [0.15, 0.2) is 0 Å². The zero-order valence-corrected chi connectivity index (χ0v) is 43.4. The molecule has 0 aromatic carbocycles. The number of aliphatic hydroxyl groups is 20. The third-order valence-electron chi connectivity index (χ3n) is 18.2. The summed E-state index contributed by atoms with van der Waals surface area (Å²) in [5.74, 6) is -8.46. The first-order valence-corrected chi connectivity index (χ1v) is 21.9. The Balaban J connectivity index is 0.000000453. The zero-order chi connectivity index (χ0) is 55.7. The smallest absolute Gasteiger partial charge is 0.195 e. The summed E-state index contributed by atoms with van der Waals surface area (Å²) in [5, 5.41) is 202. The number of aliphatic hydroxyl groups excluding tert-OH is 4. The molecule has 24 heteroatoms. The summed E-state index contributed by atoms with van der Waals surface area (Å²) >= 11 is 0. The molecule has 20 N–H and O–H groups in total. The minimum Gasteiger partial charge on any atom is -0.393 e. The average Bonchev–Trinajstić information content (AvgIpc) is 3.14. The van der Waals surface area contributed by atoms with Gasteiger partial charge in [0.1, 0.15) is 89.6 Å². The summed E-state index contributed by atoms with van der Waals surface area (Å²) in [6.45, 7) is 22.0. The SMILES string of the molecule is CC1(O)OC(C)(CO)C(C)(O)C(C)(O)C1(C)O.CC1(O)OC(C)(CO)C(C)(O)C(C)(O)C1(C)O.CC1(O)OC(C)(CO)C(C)(O)C(C)(O)C1(C)O.CC1(O)OC(C)(CO)C(C)(O)C(C)(O)C1(C)O. The Bertz CT molecular complexity index is 1540. The Labute approximate surface area is 398 Å². The van der Waals surface area contributed by atoms with E-state index in [1.807, 2.05) is 0 Å². The number of ether oxygens (including phenoxy) is 4. The van der Waals surface area contributed by atoms with E-state index in [0.717, 1.165) is 0 Å². The van der Waals surface area contributed by atoms with Gasteiger partial charge in [0.15, 0.2) is 23.1 Å². The fourth-order valence-corrected chi connectivity index (χ4v) is 9.06. The highest BCUT2D eigenvalue weighted by atomic mass is 16.7. The van der Waals surface area contributed by atoms with Crippen LogP contribution in [-0.2, 0) is 18.9 Å². The maximum absolute atomic E-state index is 10.4. The minimum atomic E-state index is -2.11. The van der Waals surface area contributed by atoms with Gasteiger partial charge in [-0.3, -0.25) is 0 Å². The molecule has 24 nitrogen and oxygen atoms in total. The van der Waals surface area contributed by atoms with Crippen LogP contribution in [0.25, 0.3) is 0 Å². The molecular weight excluding hydrogens is 912 g/mol. The van der Waals surface area contributed by atoms with E-state index in [1.165, 1.54) is 138 Å². The first-order valence-electron chi connectivity index (χ1n) is 21.9. The number of hydrogen-bond donors (Lipinski definition) is 20. The van der Waals surface area contributed by atoms with E-state index >= 15 is 0 Å². The van der Waals surface area contributed by atoms with Gasteiger partial charge in [0.05, 0.1) is 26.4 Å². The van der Waals surface area contributed by atoms with Gasteiger partial charge in [0.25, 0.3) is 0 Å². The molecular formula is C44H88O24. The quantitative estimate of drug-likeness (QED) is 0.125. The van der Waals surface area contributed by atoms with Gasteiger partial charge < -0.3 is 121 Å². The second-order valence-electron chi connectivity index (χ2n) is 22.8. The van der Waals surface area contributed by atoms with Gasteiger partial charge in [-0.25, -0.2) is 0 Å². The molecule has 0 spiro atoms. The standard InChI is InChI=1S/4C11H22O6/c4*1-7(6-12)8(2,13)9(3,14)10(4,15)11(5,16)17-7/h4*12-16H,6H2,1-5H3. The average molecular weight is 1000 g/mol. The lowest BCUT2D eigenvalue weighted by atomic mass is 9.61. The van der Waals surface area contributed by atoms with Crippen LogP contribution in [-0.4, -0.2) is 241 Å². The lowest BCUT2D eigenvalue weighted by Crippen LogP contribution is -2.84. The largest absolute Gasteiger partial charge is 0.393 e. The molecule has 20 atom stereocenters.